The van der Waals surface area contributed by atoms with E-state index < -0.39 is 0 Å². The van der Waals surface area contributed by atoms with Crippen LogP contribution in [-0.4, -0.2) is 0 Å². The van der Waals surface area contributed by atoms with E-state index in [0.717, 1.165) is 0 Å². The summed E-state index contributed by atoms with van der Waals surface area (Å²) < 4.78 is 5.44. The van der Waals surface area contributed by atoms with E-state index >= 15 is 0 Å². The van der Waals surface area contributed by atoms with E-state index in [1.165, 1.54) is 51.5 Å². The monoisotopic (exact) mass is 366 g/mol. The van der Waals surface area contributed by atoms with Gasteiger partial charge in [-0.2, -0.15) is 0 Å². The topological polar surface area (TPSA) is 0 Å². The molecule has 0 atom stereocenters. The van der Waals surface area contributed by atoms with Gasteiger partial charge in [-0.15, -0.1) is 22.7 Å². The van der Waals surface area contributed by atoms with Gasteiger partial charge in [-0.25, -0.2) is 0 Å². The van der Waals surface area contributed by atoms with Gasteiger partial charge in [0.1, 0.15) is 0 Å². The van der Waals surface area contributed by atoms with E-state index in [2.05, 4.69) is 84.9 Å². The van der Waals surface area contributed by atoms with Crippen molar-refractivity contribution >= 4 is 63.0 Å². The molecular weight excluding hydrogens is 352 g/mol. The zero-order chi connectivity index (χ0) is 17.1. The van der Waals surface area contributed by atoms with Crippen LogP contribution in [0.25, 0.3) is 51.5 Å². The van der Waals surface area contributed by atoms with Crippen molar-refractivity contribution in [1.82, 2.24) is 0 Å². The summed E-state index contributed by atoms with van der Waals surface area (Å²) >= 11 is 3.77. The summed E-state index contributed by atoms with van der Waals surface area (Å²) in [5, 5.41) is 5.49. The fraction of sp³-hybridized carbons (Fsp3) is 0. The maximum Gasteiger partial charge on any atom is 0.0361 e. The number of hydrogen-bond donors (Lipinski definition) is 0. The predicted molar refractivity (Wildman–Crippen MR) is 118 cm³/mol. The fourth-order valence-corrected chi connectivity index (χ4v) is 6.26. The number of hydrogen-bond acceptors (Lipinski definition) is 2. The lowest BCUT2D eigenvalue weighted by Crippen LogP contribution is -1.81. The molecule has 0 bridgehead atoms. The van der Waals surface area contributed by atoms with Gasteiger partial charge in [0.05, 0.1) is 0 Å². The molecule has 0 saturated heterocycles. The molecule has 26 heavy (non-hydrogen) atoms. The van der Waals surface area contributed by atoms with Crippen LogP contribution in [0.3, 0.4) is 0 Å². The smallest absolute Gasteiger partial charge is 0.0361 e. The minimum Gasteiger partial charge on any atom is -0.135 e. The molecule has 2 heterocycles. The van der Waals surface area contributed by atoms with Crippen molar-refractivity contribution in [2.24, 2.45) is 0 Å². The first-order chi connectivity index (χ1) is 12.9. The molecule has 0 nitrogen and oxygen atoms in total. The van der Waals surface area contributed by atoms with Crippen LogP contribution in [0.5, 0.6) is 0 Å². The molecule has 6 rings (SSSR count). The lowest BCUT2D eigenvalue weighted by Gasteiger charge is -2.07. The van der Waals surface area contributed by atoms with Gasteiger partial charge in [-0.1, -0.05) is 60.7 Å². The normalized spacial score (nSPS) is 11.8. The van der Waals surface area contributed by atoms with Crippen LogP contribution in [0.15, 0.2) is 84.9 Å². The third kappa shape index (κ3) is 1.94. The Hall–Kier alpha value is -2.68. The molecule has 0 aliphatic heterocycles. The van der Waals surface area contributed by atoms with Gasteiger partial charge < -0.3 is 0 Å². The molecule has 4 aromatic carbocycles. The highest BCUT2D eigenvalue weighted by atomic mass is 32.1. The highest BCUT2D eigenvalue weighted by Crippen LogP contribution is 2.44. The standard InChI is InChI=1S/C24H14S2/c1-3-11-19-17(7-1)23-15(9-5-13-21(23)25-19)16-10-6-14-22-24(16)18-8-2-4-12-20(18)26-22/h1-14H. The molecule has 2 aromatic heterocycles. The van der Waals surface area contributed by atoms with E-state index in [9.17, 15) is 0 Å². The van der Waals surface area contributed by atoms with Crippen molar-refractivity contribution in [2.45, 2.75) is 0 Å². The van der Waals surface area contributed by atoms with Crippen LogP contribution < -0.4 is 0 Å². The van der Waals surface area contributed by atoms with Crippen LogP contribution in [0, 0.1) is 0 Å². The van der Waals surface area contributed by atoms with Crippen molar-refractivity contribution in [3.8, 4) is 11.1 Å². The number of rotatable bonds is 1. The molecule has 0 saturated carbocycles. The van der Waals surface area contributed by atoms with E-state index in [1.807, 2.05) is 22.7 Å². The Labute approximate surface area is 158 Å². The SMILES string of the molecule is c1ccc2c(c1)sc1cccc(-c3cccc4sc5ccccc5c34)c12. The molecule has 0 aliphatic rings. The Morgan fingerprint density at radius 2 is 0.808 bits per heavy atom. The van der Waals surface area contributed by atoms with Gasteiger partial charge in [-0.05, 0) is 35.4 Å². The summed E-state index contributed by atoms with van der Waals surface area (Å²) in [5.41, 5.74) is 2.68. The molecule has 2 heteroatoms. The zero-order valence-electron chi connectivity index (χ0n) is 13.9. The molecule has 0 aliphatic carbocycles. The Morgan fingerprint density at radius 1 is 0.385 bits per heavy atom. The lowest BCUT2D eigenvalue weighted by molar-refractivity contribution is 1.75. The minimum absolute atomic E-state index is 1.34. The summed E-state index contributed by atoms with van der Waals surface area (Å²) in [6.07, 6.45) is 0. The zero-order valence-corrected chi connectivity index (χ0v) is 15.5. The van der Waals surface area contributed by atoms with Crippen LogP contribution >= 0.6 is 22.7 Å². The lowest BCUT2D eigenvalue weighted by atomic mass is 9.95. The van der Waals surface area contributed by atoms with Gasteiger partial charge >= 0.3 is 0 Å². The fourth-order valence-electron chi connectivity index (χ4n) is 4.00. The van der Waals surface area contributed by atoms with Crippen LogP contribution in [-0.2, 0) is 0 Å². The quantitative estimate of drug-likeness (QED) is 0.276. The molecule has 0 unspecified atom stereocenters. The van der Waals surface area contributed by atoms with Crippen molar-refractivity contribution in [3.05, 3.63) is 84.9 Å². The largest absolute Gasteiger partial charge is 0.135 e. The van der Waals surface area contributed by atoms with E-state index in [4.69, 9.17) is 0 Å². The highest BCUT2D eigenvalue weighted by Gasteiger charge is 2.15. The maximum atomic E-state index is 2.28. The molecular formula is C24H14S2. The number of thiophene rings is 2. The molecule has 0 radical (unpaired) electrons. The average Bonchev–Trinajstić information content (AvgIpc) is 3.26. The average molecular weight is 367 g/mol. The van der Waals surface area contributed by atoms with E-state index in [-0.39, 0.29) is 0 Å². The summed E-state index contributed by atoms with van der Waals surface area (Å²) in [6.45, 7) is 0. The first kappa shape index (κ1) is 14.5. The van der Waals surface area contributed by atoms with Gasteiger partial charge in [0.25, 0.3) is 0 Å². The third-order valence-electron chi connectivity index (χ3n) is 5.10. The molecule has 0 fully saturated rings. The van der Waals surface area contributed by atoms with Crippen molar-refractivity contribution in [3.63, 3.8) is 0 Å². The van der Waals surface area contributed by atoms with Crippen LogP contribution in [0.4, 0.5) is 0 Å². The number of benzene rings is 4. The first-order valence-electron chi connectivity index (χ1n) is 8.71. The molecule has 6 aromatic rings. The van der Waals surface area contributed by atoms with Gasteiger partial charge in [0.15, 0.2) is 0 Å². The second-order valence-corrected chi connectivity index (χ2v) is 8.72. The first-order valence-corrected chi connectivity index (χ1v) is 10.3. The van der Waals surface area contributed by atoms with E-state index in [0.29, 0.717) is 0 Å². The second-order valence-electron chi connectivity index (χ2n) is 6.55. The van der Waals surface area contributed by atoms with Crippen molar-refractivity contribution < 1.29 is 0 Å². The summed E-state index contributed by atoms with van der Waals surface area (Å²) in [4.78, 5) is 0. The Morgan fingerprint density at radius 3 is 1.31 bits per heavy atom. The number of fused-ring (bicyclic) bond motifs is 6. The van der Waals surface area contributed by atoms with Crippen LogP contribution in [0.1, 0.15) is 0 Å². The summed E-state index contributed by atoms with van der Waals surface area (Å²) in [7, 11) is 0. The third-order valence-corrected chi connectivity index (χ3v) is 7.37. The van der Waals surface area contributed by atoms with Gasteiger partial charge in [0.2, 0.25) is 0 Å². The maximum absolute atomic E-state index is 2.28. The minimum atomic E-state index is 1.34. The van der Waals surface area contributed by atoms with Crippen molar-refractivity contribution in [1.29, 1.82) is 0 Å². The Kier molecular flexibility index (Phi) is 3.01. The second kappa shape index (κ2) is 5.41. The van der Waals surface area contributed by atoms with Crippen LogP contribution in [0.2, 0.25) is 0 Å². The van der Waals surface area contributed by atoms with Gasteiger partial charge in [-0.3, -0.25) is 0 Å². The van der Waals surface area contributed by atoms with E-state index in [1.54, 1.807) is 0 Å². The Bertz CT molecular complexity index is 1320. The molecule has 0 spiro atoms. The predicted octanol–water partition coefficient (Wildman–Crippen LogP) is 8.09. The molecule has 0 amide bonds. The highest BCUT2D eigenvalue weighted by molar-refractivity contribution is 7.26. The summed E-state index contributed by atoms with van der Waals surface area (Å²) in [6, 6.07) is 30.9. The molecule has 122 valence electrons. The van der Waals surface area contributed by atoms with Gasteiger partial charge in [0, 0.05) is 40.3 Å². The van der Waals surface area contributed by atoms with Crippen molar-refractivity contribution in [2.75, 3.05) is 0 Å². The summed E-state index contributed by atoms with van der Waals surface area (Å²) in [5.74, 6) is 0. The molecule has 0 N–H and O–H groups in total. The Balaban J connectivity index is 1.82.